The molecular formula is C17H23NO2. The summed E-state index contributed by atoms with van der Waals surface area (Å²) < 4.78 is 4.59. The number of rotatable bonds is 5. The van der Waals surface area contributed by atoms with Crippen LogP contribution in [-0.2, 0) is 9.53 Å². The van der Waals surface area contributed by atoms with E-state index in [-0.39, 0.29) is 5.97 Å². The van der Waals surface area contributed by atoms with Crippen molar-refractivity contribution in [2.75, 3.05) is 20.2 Å². The van der Waals surface area contributed by atoms with Gasteiger partial charge in [0.1, 0.15) is 0 Å². The molecule has 0 aromatic heterocycles. The maximum Gasteiger partial charge on any atom is 0.330 e. The minimum Gasteiger partial charge on any atom is -0.466 e. The molecule has 3 nitrogen and oxygen atoms in total. The lowest BCUT2D eigenvalue weighted by atomic mass is 10.0. The van der Waals surface area contributed by atoms with Crippen molar-refractivity contribution in [2.45, 2.75) is 32.2 Å². The Labute approximate surface area is 121 Å². The van der Waals surface area contributed by atoms with Crippen molar-refractivity contribution in [2.24, 2.45) is 0 Å². The monoisotopic (exact) mass is 273 g/mol. The first kappa shape index (κ1) is 14.8. The second-order valence-electron chi connectivity index (χ2n) is 5.22. The van der Waals surface area contributed by atoms with Gasteiger partial charge in [-0.3, -0.25) is 4.90 Å². The van der Waals surface area contributed by atoms with Crippen LogP contribution in [0.1, 0.15) is 43.4 Å². The Morgan fingerprint density at radius 3 is 2.80 bits per heavy atom. The molecule has 1 unspecified atom stereocenters. The van der Waals surface area contributed by atoms with Crippen molar-refractivity contribution in [3.8, 4) is 0 Å². The molecule has 1 aliphatic rings. The third-order valence-electron chi connectivity index (χ3n) is 3.81. The summed E-state index contributed by atoms with van der Waals surface area (Å²) in [6.45, 7) is 4.62. The Morgan fingerprint density at radius 1 is 1.40 bits per heavy atom. The van der Waals surface area contributed by atoms with E-state index < -0.39 is 0 Å². The predicted octanol–water partition coefficient (Wildman–Crippen LogP) is 3.42. The highest BCUT2D eigenvalue weighted by atomic mass is 16.5. The van der Waals surface area contributed by atoms with Crippen LogP contribution in [0.3, 0.4) is 0 Å². The molecule has 1 aliphatic heterocycles. The zero-order valence-electron chi connectivity index (χ0n) is 12.3. The molecule has 0 bridgehead atoms. The Hall–Kier alpha value is -1.61. The number of ether oxygens (including phenoxy) is 1. The van der Waals surface area contributed by atoms with Crippen LogP contribution in [0.4, 0.5) is 0 Å². The van der Waals surface area contributed by atoms with Crippen molar-refractivity contribution >= 4 is 12.0 Å². The molecule has 0 N–H and O–H groups in total. The summed E-state index contributed by atoms with van der Waals surface area (Å²) in [6, 6.07) is 9.05. The number of benzene rings is 1. The smallest absolute Gasteiger partial charge is 0.330 e. The van der Waals surface area contributed by atoms with Gasteiger partial charge in [-0.25, -0.2) is 4.79 Å². The van der Waals surface area contributed by atoms with Gasteiger partial charge in [0.05, 0.1) is 7.11 Å². The fourth-order valence-electron chi connectivity index (χ4n) is 2.82. The molecule has 1 aromatic carbocycles. The van der Waals surface area contributed by atoms with Gasteiger partial charge in [0.15, 0.2) is 0 Å². The Kier molecular flexibility index (Phi) is 5.36. The number of nitrogens with zero attached hydrogens (tertiary/aromatic N) is 1. The first-order valence-corrected chi connectivity index (χ1v) is 7.34. The van der Waals surface area contributed by atoms with E-state index in [4.69, 9.17) is 0 Å². The van der Waals surface area contributed by atoms with Crippen LogP contribution in [-0.4, -0.2) is 31.1 Å². The molecule has 20 heavy (non-hydrogen) atoms. The predicted molar refractivity (Wildman–Crippen MR) is 81.3 cm³/mol. The molecule has 3 heteroatoms. The minimum atomic E-state index is -0.320. The summed E-state index contributed by atoms with van der Waals surface area (Å²) in [5, 5.41) is 0. The summed E-state index contributed by atoms with van der Waals surface area (Å²) in [5.41, 5.74) is 2.41. The Balaban J connectivity index is 2.04. The maximum atomic E-state index is 11.1. The molecule has 1 heterocycles. The number of methoxy groups -OCH3 is 1. The lowest BCUT2D eigenvalue weighted by molar-refractivity contribution is -0.134. The largest absolute Gasteiger partial charge is 0.466 e. The molecule has 1 atom stereocenters. The van der Waals surface area contributed by atoms with Gasteiger partial charge < -0.3 is 4.74 Å². The van der Waals surface area contributed by atoms with Crippen LogP contribution in [0, 0.1) is 0 Å². The van der Waals surface area contributed by atoms with E-state index in [9.17, 15) is 4.79 Å². The highest BCUT2D eigenvalue weighted by Crippen LogP contribution is 2.31. The van der Waals surface area contributed by atoms with E-state index in [0.29, 0.717) is 6.04 Å². The molecule has 1 fully saturated rings. The highest BCUT2D eigenvalue weighted by Gasteiger charge is 2.24. The van der Waals surface area contributed by atoms with Crippen molar-refractivity contribution in [3.63, 3.8) is 0 Å². The van der Waals surface area contributed by atoms with Gasteiger partial charge in [-0.2, -0.15) is 0 Å². The van der Waals surface area contributed by atoms with Crippen LogP contribution < -0.4 is 0 Å². The number of likely N-dealkylation sites (tertiary alicyclic amines) is 1. The standard InChI is InChI=1S/C17H23NO2/c1-3-12-18-13-4-5-16(18)15-9-6-14(7-10-15)8-11-17(19)20-2/h6-11,16H,3-5,12-13H2,1-2H3/b11-8+. The van der Waals surface area contributed by atoms with Gasteiger partial charge in [-0.15, -0.1) is 0 Å². The summed E-state index contributed by atoms with van der Waals surface area (Å²) in [4.78, 5) is 13.6. The van der Waals surface area contributed by atoms with E-state index >= 15 is 0 Å². The molecule has 108 valence electrons. The molecular weight excluding hydrogens is 250 g/mol. The number of hydrogen-bond donors (Lipinski definition) is 0. The summed E-state index contributed by atoms with van der Waals surface area (Å²) >= 11 is 0. The highest BCUT2D eigenvalue weighted by molar-refractivity contribution is 5.86. The maximum absolute atomic E-state index is 11.1. The normalized spacial score (nSPS) is 19.6. The van der Waals surface area contributed by atoms with Gasteiger partial charge in [0.2, 0.25) is 0 Å². The fourth-order valence-corrected chi connectivity index (χ4v) is 2.82. The molecule has 1 aromatic rings. The molecule has 0 spiro atoms. The van der Waals surface area contributed by atoms with E-state index in [0.717, 1.165) is 5.56 Å². The van der Waals surface area contributed by atoms with Gasteiger partial charge in [-0.05, 0) is 49.6 Å². The second kappa shape index (κ2) is 7.25. The van der Waals surface area contributed by atoms with Gasteiger partial charge >= 0.3 is 5.97 Å². The lowest BCUT2D eigenvalue weighted by Gasteiger charge is -2.24. The third kappa shape index (κ3) is 3.70. The first-order valence-electron chi connectivity index (χ1n) is 7.34. The minimum absolute atomic E-state index is 0.320. The van der Waals surface area contributed by atoms with Crippen LogP contribution in [0.25, 0.3) is 6.08 Å². The molecule has 1 saturated heterocycles. The Morgan fingerprint density at radius 2 is 2.15 bits per heavy atom. The van der Waals surface area contributed by atoms with Crippen molar-refractivity contribution < 1.29 is 9.53 Å². The topological polar surface area (TPSA) is 29.5 Å². The zero-order valence-corrected chi connectivity index (χ0v) is 12.3. The number of esters is 1. The van der Waals surface area contributed by atoms with E-state index in [1.807, 2.05) is 0 Å². The van der Waals surface area contributed by atoms with E-state index in [1.165, 1.54) is 51.1 Å². The molecule has 0 radical (unpaired) electrons. The van der Waals surface area contributed by atoms with Crippen molar-refractivity contribution in [1.82, 2.24) is 4.90 Å². The number of carbonyl (C=O) groups excluding carboxylic acids is 1. The van der Waals surface area contributed by atoms with Gasteiger partial charge in [0, 0.05) is 12.1 Å². The molecule has 0 aliphatic carbocycles. The van der Waals surface area contributed by atoms with E-state index in [2.05, 4.69) is 40.8 Å². The number of hydrogen-bond acceptors (Lipinski definition) is 3. The van der Waals surface area contributed by atoms with Gasteiger partial charge in [-0.1, -0.05) is 31.2 Å². The average molecular weight is 273 g/mol. The van der Waals surface area contributed by atoms with Crippen LogP contribution in [0.15, 0.2) is 30.3 Å². The quantitative estimate of drug-likeness (QED) is 0.608. The number of carbonyl (C=O) groups is 1. The van der Waals surface area contributed by atoms with Crippen LogP contribution in [0.2, 0.25) is 0 Å². The lowest BCUT2D eigenvalue weighted by Crippen LogP contribution is -2.23. The third-order valence-corrected chi connectivity index (χ3v) is 3.81. The van der Waals surface area contributed by atoms with Crippen molar-refractivity contribution in [1.29, 1.82) is 0 Å². The first-order chi connectivity index (χ1) is 9.74. The van der Waals surface area contributed by atoms with Crippen LogP contribution >= 0.6 is 0 Å². The second-order valence-corrected chi connectivity index (χ2v) is 5.22. The van der Waals surface area contributed by atoms with Crippen molar-refractivity contribution in [3.05, 3.63) is 41.5 Å². The van der Waals surface area contributed by atoms with Gasteiger partial charge in [0.25, 0.3) is 0 Å². The summed E-state index contributed by atoms with van der Waals surface area (Å²) in [7, 11) is 1.39. The Bertz CT molecular complexity index is 464. The molecule has 2 rings (SSSR count). The molecule has 0 amide bonds. The fraction of sp³-hybridized carbons (Fsp3) is 0.471. The van der Waals surface area contributed by atoms with Crippen LogP contribution in [0.5, 0.6) is 0 Å². The SMILES string of the molecule is CCCN1CCCC1c1ccc(/C=C/C(=O)OC)cc1. The average Bonchev–Trinajstić information content (AvgIpc) is 2.94. The molecule has 0 saturated carbocycles. The summed E-state index contributed by atoms with van der Waals surface area (Å²) in [5.74, 6) is -0.320. The summed E-state index contributed by atoms with van der Waals surface area (Å²) in [6.07, 6.45) is 6.98. The van der Waals surface area contributed by atoms with E-state index in [1.54, 1.807) is 6.08 Å². The zero-order chi connectivity index (χ0) is 14.4.